The Hall–Kier alpha value is -2.66. The van der Waals surface area contributed by atoms with Crippen LogP contribution in [-0.4, -0.2) is 25.5 Å². The van der Waals surface area contributed by atoms with Gasteiger partial charge >= 0.3 is 0 Å². The van der Waals surface area contributed by atoms with E-state index in [4.69, 9.17) is 4.42 Å². The second-order valence-electron chi connectivity index (χ2n) is 7.45. The van der Waals surface area contributed by atoms with Gasteiger partial charge in [0.1, 0.15) is 5.76 Å². The number of benzene rings is 2. The molecule has 0 bridgehead atoms. The molecule has 1 N–H and O–H groups in total. The predicted molar refractivity (Wildman–Crippen MR) is 126 cm³/mol. The van der Waals surface area contributed by atoms with Crippen molar-refractivity contribution in [3.63, 3.8) is 0 Å². The fraction of sp³-hybridized carbons (Fsp3) is 0.320. The van der Waals surface area contributed by atoms with Crippen molar-refractivity contribution in [1.29, 1.82) is 0 Å². The summed E-state index contributed by atoms with van der Waals surface area (Å²) in [6, 6.07) is 18.4. The molecule has 2 aromatic carbocycles. The molecule has 1 aromatic heterocycles. The van der Waals surface area contributed by atoms with E-state index < -0.39 is 0 Å². The van der Waals surface area contributed by atoms with E-state index in [1.807, 2.05) is 6.07 Å². The standard InChI is InChI=1S/C25H30N2O2S/c1-5-27(21-11-6-8-18(2)16-21)15-14-26-25(28)23-13-12-22(29-23)17-30-24-19(3)9-7-10-20(24)4/h6-13,16H,5,14-15,17H2,1-4H3,(H,26,28). The summed E-state index contributed by atoms with van der Waals surface area (Å²) in [4.78, 5) is 16.0. The molecule has 0 spiro atoms. The number of nitrogens with zero attached hydrogens (tertiary/aromatic N) is 1. The number of amides is 1. The van der Waals surface area contributed by atoms with Gasteiger partial charge in [-0.2, -0.15) is 0 Å². The number of furan rings is 1. The van der Waals surface area contributed by atoms with Crippen LogP contribution in [0.1, 0.15) is 39.9 Å². The van der Waals surface area contributed by atoms with Gasteiger partial charge < -0.3 is 14.6 Å². The number of carbonyl (C=O) groups excluding carboxylic acids is 1. The summed E-state index contributed by atoms with van der Waals surface area (Å²) in [6.07, 6.45) is 0. The Morgan fingerprint density at radius 1 is 1.03 bits per heavy atom. The summed E-state index contributed by atoms with van der Waals surface area (Å²) < 4.78 is 5.78. The first kappa shape index (κ1) is 22.0. The molecule has 3 rings (SSSR count). The highest BCUT2D eigenvalue weighted by Crippen LogP contribution is 2.29. The number of hydrogen-bond donors (Lipinski definition) is 1. The van der Waals surface area contributed by atoms with Crippen LogP contribution in [-0.2, 0) is 5.75 Å². The second-order valence-corrected chi connectivity index (χ2v) is 8.44. The molecule has 158 valence electrons. The molecule has 0 aliphatic carbocycles. The largest absolute Gasteiger partial charge is 0.455 e. The van der Waals surface area contributed by atoms with Crippen LogP contribution < -0.4 is 10.2 Å². The van der Waals surface area contributed by atoms with Crippen molar-refractivity contribution in [2.75, 3.05) is 24.5 Å². The molecule has 30 heavy (non-hydrogen) atoms. The van der Waals surface area contributed by atoms with Gasteiger partial charge in [-0.1, -0.05) is 30.3 Å². The van der Waals surface area contributed by atoms with Crippen LogP contribution in [0.4, 0.5) is 5.69 Å². The van der Waals surface area contributed by atoms with Crippen LogP contribution >= 0.6 is 11.8 Å². The van der Waals surface area contributed by atoms with Crippen LogP contribution in [0.3, 0.4) is 0 Å². The Labute approximate surface area is 183 Å². The van der Waals surface area contributed by atoms with Crippen molar-refractivity contribution in [2.45, 2.75) is 38.3 Å². The van der Waals surface area contributed by atoms with E-state index in [2.05, 4.69) is 80.4 Å². The second kappa shape index (κ2) is 10.4. The molecule has 0 atom stereocenters. The Bertz CT molecular complexity index is 976. The van der Waals surface area contributed by atoms with E-state index in [9.17, 15) is 4.79 Å². The lowest BCUT2D eigenvalue weighted by molar-refractivity contribution is 0.0925. The summed E-state index contributed by atoms with van der Waals surface area (Å²) >= 11 is 1.74. The van der Waals surface area contributed by atoms with Gasteiger partial charge in [0.15, 0.2) is 5.76 Å². The summed E-state index contributed by atoms with van der Waals surface area (Å²) in [5.74, 6) is 1.71. The normalized spacial score (nSPS) is 10.8. The van der Waals surface area contributed by atoms with Crippen molar-refractivity contribution in [2.24, 2.45) is 0 Å². The van der Waals surface area contributed by atoms with Crippen molar-refractivity contribution < 1.29 is 9.21 Å². The molecule has 0 saturated carbocycles. The first-order chi connectivity index (χ1) is 14.5. The zero-order valence-corrected chi connectivity index (χ0v) is 19.0. The fourth-order valence-corrected chi connectivity index (χ4v) is 4.47. The van der Waals surface area contributed by atoms with Crippen LogP contribution in [0.25, 0.3) is 0 Å². The molecule has 1 amide bonds. The lowest BCUT2D eigenvalue weighted by Gasteiger charge is -2.23. The highest BCUT2D eigenvalue weighted by atomic mass is 32.2. The molecule has 3 aromatic rings. The van der Waals surface area contributed by atoms with Gasteiger partial charge in [-0.05, 0) is 68.7 Å². The van der Waals surface area contributed by atoms with Crippen molar-refractivity contribution in [3.8, 4) is 0 Å². The van der Waals surface area contributed by atoms with E-state index in [1.165, 1.54) is 27.3 Å². The number of carbonyl (C=O) groups is 1. The lowest BCUT2D eigenvalue weighted by atomic mass is 10.2. The summed E-state index contributed by atoms with van der Waals surface area (Å²) in [5, 5.41) is 2.97. The van der Waals surface area contributed by atoms with Gasteiger partial charge in [-0.3, -0.25) is 4.79 Å². The quantitative estimate of drug-likeness (QED) is 0.446. The van der Waals surface area contributed by atoms with Gasteiger partial charge in [-0.25, -0.2) is 0 Å². The van der Waals surface area contributed by atoms with Gasteiger partial charge in [0.05, 0.1) is 5.75 Å². The Morgan fingerprint density at radius 3 is 2.47 bits per heavy atom. The number of likely N-dealkylation sites (N-methyl/N-ethyl adjacent to an activating group) is 1. The first-order valence-corrected chi connectivity index (χ1v) is 11.3. The molecular weight excluding hydrogens is 392 g/mol. The van der Waals surface area contributed by atoms with Gasteiger partial charge in [-0.15, -0.1) is 11.8 Å². The first-order valence-electron chi connectivity index (χ1n) is 10.4. The molecule has 0 aliphatic rings. The molecule has 1 heterocycles. The van der Waals surface area contributed by atoms with Crippen molar-refractivity contribution in [1.82, 2.24) is 5.32 Å². The highest BCUT2D eigenvalue weighted by molar-refractivity contribution is 7.98. The van der Waals surface area contributed by atoms with E-state index in [1.54, 1.807) is 17.8 Å². The number of anilines is 1. The topological polar surface area (TPSA) is 45.5 Å². The molecule has 0 radical (unpaired) electrons. The lowest BCUT2D eigenvalue weighted by Crippen LogP contribution is -2.34. The minimum Gasteiger partial charge on any atom is -0.455 e. The van der Waals surface area contributed by atoms with E-state index >= 15 is 0 Å². The predicted octanol–water partition coefficient (Wildman–Crippen LogP) is 5.75. The number of nitrogens with one attached hydrogen (secondary N) is 1. The number of aryl methyl sites for hydroxylation is 3. The zero-order valence-electron chi connectivity index (χ0n) is 18.2. The van der Waals surface area contributed by atoms with Gasteiger partial charge in [0.2, 0.25) is 0 Å². The Morgan fingerprint density at radius 2 is 1.77 bits per heavy atom. The molecule has 4 nitrogen and oxygen atoms in total. The summed E-state index contributed by atoms with van der Waals surface area (Å²) in [5.41, 5.74) is 4.93. The molecule has 0 aliphatic heterocycles. The van der Waals surface area contributed by atoms with Gasteiger partial charge in [0, 0.05) is 30.2 Å². The Kier molecular flexibility index (Phi) is 7.63. The summed E-state index contributed by atoms with van der Waals surface area (Å²) in [7, 11) is 0. The third-order valence-corrected chi connectivity index (χ3v) is 6.43. The van der Waals surface area contributed by atoms with Gasteiger partial charge in [0.25, 0.3) is 5.91 Å². The van der Waals surface area contributed by atoms with Crippen LogP contribution in [0.15, 0.2) is 63.9 Å². The smallest absolute Gasteiger partial charge is 0.287 e. The molecule has 0 saturated heterocycles. The average molecular weight is 423 g/mol. The highest BCUT2D eigenvalue weighted by Gasteiger charge is 2.13. The third-order valence-electron chi connectivity index (χ3n) is 5.07. The molecule has 0 fully saturated rings. The fourth-order valence-electron chi connectivity index (χ4n) is 3.43. The number of rotatable bonds is 9. The Balaban J connectivity index is 1.51. The summed E-state index contributed by atoms with van der Waals surface area (Å²) in [6.45, 7) is 10.7. The molecular formula is C25H30N2O2S. The van der Waals surface area contributed by atoms with Crippen molar-refractivity contribution in [3.05, 3.63) is 82.8 Å². The monoisotopic (exact) mass is 422 g/mol. The van der Waals surface area contributed by atoms with Crippen LogP contribution in [0, 0.1) is 20.8 Å². The maximum absolute atomic E-state index is 12.5. The van der Waals surface area contributed by atoms with Crippen LogP contribution in [0.5, 0.6) is 0 Å². The maximum atomic E-state index is 12.5. The van der Waals surface area contributed by atoms with E-state index in [-0.39, 0.29) is 5.91 Å². The van der Waals surface area contributed by atoms with Crippen molar-refractivity contribution >= 4 is 23.4 Å². The van der Waals surface area contributed by atoms with E-state index in [0.29, 0.717) is 18.1 Å². The minimum atomic E-state index is -0.168. The SMILES string of the molecule is CCN(CCNC(=O)c1ccc(CSc2c(C)cccc2C)o1)c1cccc(C)c1. The minimum absolute atomic E-state index is 0.168. The number of thioether (sulfide) groups is 1. The molecule has 0 unspecified atom stereocenters. The van der Waals surface area contributed by atoms with Crippen LogP contribution in [0.2, 0.25) is 0 Å². The zero-order chi connectivity index (χ0) is 21.5. The third kappa shape index (κ3) is 5.70. The number of hydrogen-bond acceptors (Lipinski definition) is 4. The van der Waals surface area contributed by atoms with E-state index in [0.717, 1.165) is 18.8 Å². The maximum Gasteiger partial charge on any atom is 0.287 e. The molecule has 5 heteroatoms. The average Bonchev–Trinajstić information content (AvgIpc) is 3.20.